The van der Waals surface area contributed by atoms with Crippen molar-refractivity contribution in [2.24, 2.45) is 0 Å². The number of anilines is 3. The molecule has 0 saturated heterocycles. The number of hydrogen-bond acceptors (Lipinski definition) is 1. The van der Waals surface area contributed by atoms with E-state index in [0.717, 1.165) is 22.6 Å². The van der Waals surface area contributed by atoms with Crippen molar-refractivity contribution < 1.29 is 0 Å². The molecule has 1 spiro atoms. The Labute approximate surface area is 420 Å². The monoisotopic (exact) mass is 916 g/mol. The molecule has 0 bridgehead atoms. The average Bonchev–Trinajstić information content (AvgIpc) is 3.91. The average molecular weight is 917 g/mol. The first-order valence-electron chi connectivity index (χ1n) is 25.3. The summed E-state index contributed by atoms with van der Waals surface area (Å²) in [6.45, 7) is 4.81. The van der Waals surface area contributed by atoms with Crippen LogP contribution in [-0.4, -0.2) is 4.57 Å². The zero-order valence-corrected chi connectivity index (χ0v) is 40.1. The summed E-state index contributed by atoms with van der Waals surface area (Å²) in [4.78, 5) is 2.39. The summed E-state index contributed by atoms with van der Waals surface area (Å²) in [5.41, 5.74) is 27.0. The van der Waals surface area contributed by atoms with E-state index in [1.54, 1.807) is 0 Å². The molecular formula is C70H48N2. The van der Waals surface area contributed by atoms with Gasteiger partial charge in [-0.2, -0.15) is 0 Å². The van der Waals surface area contributed by atoms with Crippen molar-refractivity contribution in [2.75, 3.05) is 4.90 Å². The van der Waals surface area contributed by atoms with Crippen molar-refractivity contribution in [2.45, 2.75) is 24.7 Å². The number of rotatable bonds is 6. The van der Waals surface area contributed by atoms with Crippen molar-refractivity contribution in [3.8, 4) is 61.3 Å². The Morgan fingerprint density at radius 1 is 0.319 bits per heavy atom. The molecule has 0 saturated carbocycles. The number of aromatic nitrogens is 1. The molecule has 12 aromatic rings. The SMILES string of the molecule is CC1(C)c2ccccc2C2(c3ccccc31)c1cccc3c1-c1c2ccc2c4ccccc4n(c12)-c1ccc(-c2cccc(N(c4ccc(-c5ccccc5)cc4)c4ccc(-c5ccccc5)cc4)c2)cc1-3. The lowest BCUT2D eigenvalue weighted by atomic mass is 9.55. The first-order valence-corrected chi connectivity index (χ1v) is 25.3. The van der Waals surface area contributed by atoms with E-state index in [1.165, 1.54) is 111 Å². The highest BCUT2D eigenvalue weighted by atomic mass is 15.1. The van der Waals surface area contributed by atoms with Crippen molar-refractivity contribution in [3.63, 3.8) is 0 Å². The normalized spacial score (nSPS) is 13.9. The van der Waals surface area contributed by atoms with Gasteiger partial charge in [0.2, 0.25) is 0 Å². The smallest absolute Gasteiger partial charge is 0.0720 e. The molecule has 2 nitrogen and oxygen atoms in total. The fourth-order valence-electron chi connectivity index (χ4n) is 13.2. The van der Waals surface area contributed by atoms with Crippen LogP contribution in [0.5, 0.6) is 0 Å². The minimum atomic E-state index is -0.496. The van der Waals surface area contributed by atoms with Gasteiger partial charge in [-0.25, -0.2) is 0 Å². The summed E-state index contributed by atoms with van der Waals surface area (Å²) in [5, 5.41) is 2.57. The molecule has 0 fully saturated rings. The van der Waals surface area contributed by atoms with Gasteiger partial charge in [0.05, 0.1) is 22.1 Å². The van der Waals surface area contributed by atoms with Gasteiger partial charge < -0.3 is 9.47 Å². The van der Waals surface area contributed by atoms with E-state index in [-0.39, 0.29) is 5.41 Å². The van der Waals surface area contributed by atoms with Crippen LogP contribution in [0.4, 0.5) is 17.1 Å². The number of benzene rings is 11. The third-order valence-electron chi connectivity index (χ3n) is 16.4. The fourth-order valence-corrected chi connectivity index (χ4v) is 13.2. The van der Waals surface area contributed by atoms with Gasteiger partial charge in [0, 0.05) is 44.4 Å². The number of para-hydroxylation sites is 1. The molecule has 1 aliphatic heterocycles. The maximum absolute atomic E-state index is 2.59. The summed E-state index contributed by atoms with van der Waals surface area (Å²) < 4.78 is 2.59. The van der Waals surface area contributed by atoms with E-state index < -0.39 is 5.41 Å². The van der Waals surface area contributed by atoms with Crippen LogP contribution >= 0.6 is 0 Å². The maximum atomic E-state index is 2.59. The number of fused-ring (bicyclic) bond motifs is 12. The molecule has 338 valence electrons. The Bertz CT molecular complexity index is 4030. The van der Waals surface area contributed by atoms with Crippen LogP contribution in [0.15, 0.2) is 255 Å². The van der Waals surface area contributed by atoms with Crippen molar-refractivity contribution >= 4 is 38.9 Å². The van der Waals surface area contributed by atoms with Crippen LogP contribution in [0.3, 0.4) is 0 Å². The van der Waals surface area contributed by atoms with Crippen LogP contribution in [0.25, 0.3) is 83.1 Å². The summed E-state index contributed by atoms with van der Waals surface area (Å²) in [6, 6.07) is 95.2. The van der Waals surface area contributed by atoms with E-state index in [9.17, 15) is 0 Å². The minimum absolute atomic E-state index is 0.169. The minimum Gasteiger partial charge on any atom is -0.310 e. The third kappa shape index (κ3) is 5.61. The summed E-state index contributed by atoms with van der Waals surface area (Å²) in [6.07, 6.45) is 0. The molecular weight excluding hydrogens is 869 g/mol. The zero-order chi connectivity index (χ0) is 47.7. The van der Waals surface area contributed by atoms with Gasteiger partial charge in [0.15, 0.2) is 0 Å². The van der Waals surface area contributed by atoms with E-state index in [2.05, 4.69) is 278 Å². The predicted octanol–water partition coefficient (Wildman–Crippen LogP) is 18.2. The molecule has 0 N–H and O–H groups in total. The Hall–Kier alpha value is -8.98. The second-order valence-electron chi connectivity index (χ2n) is 20.4. The van der Waals surface area contributed by atoms with Crippen LogP contribution < -0.4 is 4.90 Å². The summed E-state index contributed by atoms with van der Waals surface area (Å²) in [7, 11) is 0. The van der Waals surface area contributed by atoms with Crippen LogP contribution in [-0.2, 0) is 10.8 Å². The molecule has 1 aromatic heterocycles. The molecule has 2 aliphatic carbocycles. The van der Waals surface area contributed by atoms with Gasteiger partial charge in [0.1, 0.15) is 0 Å². The molecule has 72 heavy (non-hydrogen) atoms. The lowest BCUT2D eigenvalue weighted by molar-refractivity contribution is 0.563. The first kappa shape index (κ1) is 40.9. The third-order valence-corrected chi connectivity index (χ3v) is 16.4. The van der Waals surface area contributed by atoms with Crippen LogP contribution in [0.1, 0.15) is 47.2 Å². The molecule has 11 aromatic carbocycles. The fraction of sp³-hybridized carbons (Fsp3) is 0.0571. The zero-order valence-electron chi connectivity index (χ0n) is 40.1. The molecule has 2 heterocycles. The topological polar surface area (TPSA) is 8.17 Å². The highest BCUT2D eigenvalue weighted by Gasteiger charge is 2.55. The molecule has 0 radical (unpaired) electrons. The quantitative estimate of drug-likeness (QED) is 0.161. The lowest BCUT2D eigenvalue weighted by Crippen LogP contribution is -2.40. The molecule has 3 aliphatic rings. The second kappa shape index (κ2) is 15.3. The van der Waals surface area contributed by atoms with Gasteiger partial charge in [-0.15, -0.1) is 0 Å². The molecule has 0 unspecified atom stereocenters. The summed E-state index contributed by atoms with van der Waals surface area (Å²) in [5.74, 6) is 0. The molecule has 2 heteroatoms. The van der Waals surface area contributed by atoms with Gasteiger partial charge in [0.25, 0.3) is 0 Å². The Kier molecular flexibility index (Phi) is 8.66. The first-order chi connectivity index (χ1) is 35.5. The highest BCUT2D eigenvalue weighted by molar-refractivity contribution is 6.19. The van der Waals surface area contributed by atoms with Crippen molar-refractivity contribution in [1.29, 1.82) is 0 Å². The lowest BCUT2D eigenvalue weighted by Gasteiger charge is -2.46. The van der Waals surface area contributed by atoms with Crippen LogP contribution in [0, 0.1) is 0 Å². The van der Waals surface area contributed by atoms with Crippen LogP contribution in [0.2, 0.25) is 0 Å². The van der Waals surface area contributed by atoms with E-state index in [0.29, 0.717) is 0 Å². The standard InChI is InChI=1S/C70H48N2/c1-69(2)58-25-10-12-27-60(58)70(61-28-13-11-26-59(61)69)62-29-16-24-55-57-44-50(35-42-65(57)72-64-30-14-9-23-54(64)56-40-41-63(70)67(66(55)62)68(56)72)49-21-15-22-53(43-49)71(51-36-31-47(32-37-51)45-17-5-3-6-18-45)52-38-33-48(34-39-52)46-19-7-4-8-20-46/h3-44H,1-2H3. The highest BCUT2D eigenvalue weighted by Crippen LogP contribution is 2.66. The number of nitrogens with zero attached hydrogens (tertiary/aromatic N) is 2. The predicted molar refractivity (Wildman–Crippen MR) is 300 cm³/mol. The molecule has 15 rings (SSSR count). The van der Waals surface area contributed by atoms with E-state index in [1.807, 2.05) is 0 Å². The van der Waals surface area contributed by atoms with Crippen molar-refractivity contribution in [3.05, 3.63) is 288 Å². The van der Waals surface area contributed by atoms with Gasteiger partial charge in [-0.05, 0) is 132 Å². The largest absolute Gasteiger partial charge is 0.310 e. The summed E-state index contributed by atoms with van der Waals surface area (Å²) >= 11 is 0. The van der Waals surface area contributed by atoms with E-state index in [4.69, 9.17) is 0 Å². The van der Waals surface area contributed by atoms with Gasteiger partial charge >= 0.3 is 0 Å². The van der Waals surface area contributed by atoms with Gasteiger partial charge in [-0.3, -0.25) is 0 Å². The molecule has 0 amide bonds. The Morgan fingerprint density at radius 2 is 0.819 bits per heavy atom. The van der Waals surface area contributed by atoms with Gasteiger partial charge in [-0.1, -0.05) is 214 Å². The molecule has 0 atom stereocenters. The second-order valence-corrected chi connectivity index (χ2v) is 20.4. The Balaban J connectivity index is 0.940. The Morgan fingerprint density at radius 3 is 1.47 bits per heavy atom. The van der Waals surface area contributed by atoms with Crippen molar-refractivity contribution in [1.82, 2.24) is 4.57 Å². The van der Waals surface area contributed by atoms with E-state index >= 15 is 0 Å². The maximum Gasteiger partial charge on any atom is 0.0720 e. The number of hydrogen-bond donors (Lipinski definition) is 0.